The molecule has 2 heterocycles. The summed E-state index contributed by atoms with van der Waals surface area (Å²) in [5.74, 6) is -0.854. The number of hydrogen-bond donors (Lipinski definition) is 0. The Labute approximate surface area is 180 Å². The molecule has 8 heteroatoms. The highest BCUT2D eigenvalue weighted by atomic mass is 19.1. The molecule has 0 N–H and O–H groups in total. The molecule has 0 saturated carbocycles. The smallest absolute Gasteiger partial charge is 0.260 e. The van der Waals surface area contributed by atoms with E-state index < -0.39 is 11.7 Å². The van der Waals surface area contributed by atoms with Crippen molar-refractivity contribution in [3.05, 3.63) is 60.4 Å². The molecule has 3 amide bonds. The van der Waals surface area contributed by atoms with Gasteiger partial charge in [0.15, 0.2) is 6.61 Å². The highest BCUT2D eigenvalue weighted by molar-refractivity contribution is 6.00. The summed E-state index contributed by atoms with van der Waals surface area (Å²) in [6, 6.07) is 15.2. The number of benzene rings is 2. The minimum absolute atomic E-state index is 0.0489. The number of piperazine rings is 1. The fourth-order valence-corrected chi connectivity index (χ4v) is 3.96. The van der Waals surface area contributed by atoms with Crippen LogP contribution < -0.4 is 9.64 Å². The second kappa shape index (κ2) is 9.16. The Morgan fingerprint density at radius 3 is 2.29 bits per heavy atom. The molecule has 162 valence electrons. The Morgan fingerprint density at radius 1 is 0.935 bits per heavy atom. The van der Waals surface area contributed by atoms with Crippen LogP contribution >= 0.6 is 0 Å². The predicted octanol–water partition coefficient (Wildman–Crippen LogP) is 1.93. The van der Waals surface area contributed by atoms with E-state index in [0.717, 1.165) is 0 Å². The van der Waals surface area contributed by atoms with Gasteiger partial charge in [0, 0.05) is 39.1 Å². The zero-order valence-corrected chi connectivity index (χ0v) is 17.1. The minimum Gasteiger partial charge on any atom is -0.484 e. The van der Waals surface area contributed by atoms with Gasteiger partial charge < -0.3 is 19.4 Å². The number of carbonyl (C=O) groups is 3. The summed E-state index contributed by atoms with van der Waals surface area (Å²) in [5, 5.41) is 0. The number of nitrogens with zero attached hydrogens (tertiary/aromatic N) is 3. The monoisotopic (exact) mass is 425 g/mol. The number of anilines is 1. The summed E-state index contributed by atoms with van der Waals surface area (Å²) >= 11 is 0. The van der Waals surface area contributed by atoms with Crippen LogP contribution in [0.5, 0.6) is 5.75 Å². The van der Waals surface area contributed by atoms with Crippen molar-refractivity contribution in [2.45, 2.75) is 6.42 Å². The van der Waals surface area contributed by atoms with Gasteiger partial charge in [-0.3, -0.25) is 14.4 Å². The lowest BCUT2D eigenvalue weighted by molar-refractivity contribution is -0.142. The normalized spacial score (nSPS) is 18.9. The number of amides is 3. The van der Waals surface area contributed by atoms with Crippen LogP contribution in [0.1, 0.15) is 6.42 Å². The summed E-state index contributed by atoms with van der Waals surface area (Å²) in [6.45, 7) is 1.76. The van der Waals surface area contributed by atoms with E-state index in [9.17, 15) is 18.8 Å². The van der Waals surface area contributed by atoms with Crippen LogP contribution in [-0.4, -0.2) is 66.9 Å². The van der Waals surface area contributed by atoms with Crippen molar-refractivity contribution in [3.8, 4) is 5.75 Å². The van der Waals surface area contributed by atoms with Crippen LogP contribution in [0.25, 0.3) is 0 Å². The molecule has 2 fully saturated rings. The second-order valence-corrected chi connectivity index (χ2v) is 7.66. The van der Waals surface area contributed by atoms with E-state index in [-0.39, 0.29) is 43.0 Å². The van der Waals surface area contributed by atoms with E-state index >= 15 is 0 Å². The summed E-state index contributed by atoms with van der Waals surface area (Å²) in [7, 11) is 0. The molecular weight excluding hydrogens is 401 g/mol. The first-order valence-electron chi connectivity index (χ1n) is 10.3. The van der Waals surface area contributed by atoms with E-state index in [1.54, 1.807) is 40.1 Å². The quantitative estimate of drug-likeness (QED) is 0.734. The van der Waals surface area contributed by atoms with Crippen LogP contribution in [0.15, 0.2) is 54.6 Å². The molecule has 2 aliphatic rings. The largest absolute Gasteiger partial charge is 0.484 e. The third-order valence-electron chi connectivity index (χ3n) is 5.67. The fourth-order valence-electron chi connectivity index (χ4n) is 3.96. The number of ether oxygens (including phenoxy) is 1. The van der Waals surface area contributed by atoms with Crippen molar-refractivity contribution in [1.29, 1.82) is 0 Å². The summed E-state index contributed by atoms with van der Waals surface area (Å²) in [5.41, 5.74) is 0.205. The second-order valence-electron chi connectivity index (χ2n) is 7.66. The third-order valence-corrected chi connectivity index (χ3v) is 5.67. The van der Waals surface area contributed by atoms with Crippen molar-refractivity contribution < 1.29 is 23.5 Å². The van der Waals surface area contributed by atoms with Gasteiger partial charge in [0.2, 0.25) is 11.8 Å². The number of rotatable bonds is 5. The maximum atomic E-state index is 14.1. The van der Waals surface area contributed by atoms with E-state index in [1.807, 2.05) is 18.2 Å². The van der Waals surface area contributed by atoms with Gasteiger partial charge in [-0.2, -0.15) is 0 Å². The van der Waals surface area contributed by atoms with Crippen LogP contribution in [0, 0.1) is 11.7 Å². The highest BCUT2D eigenvalue weighted by Crippen LogP contribution is 2.28. The molecule has 0 bridgehead atoms. The first-order chi connectivity index (χ1) is 15.0. The van der Waals surface area contributed by atoms with Crippen LogP contribution in [0.2, 0.25) is 0 Å². The van der Waals surface area contributed by atoms with E-state index in [1.165, 1.54) is 11.0 Å². The van der Waals surface area contributed by atoms with Crippen molar-refractivity contribution in [2.24, 2.45) is 5.92 Å². The van der Waals surface area contributed by atoms with E-state index in [2.05, 4.69) is 0 Å². The van der Waals surface area contributed by atoms with Gasteiger partial charge in [0.1, 0.15) is 11.6 Å². The van der Waals surface area contributed by atoms with Crippen molar-refractivity contribution in [1.82, 2.24) is 9.80 Å². The van der Waals surface area contributed by atoms with Gasteiger partial charge in [0.05, 0.1) is 11.6 Å². The Morgan fingerprint density at radius 2 is 1.58 bits per heavy atom. The molecule has 2 saturated heterocycles. The van der Waals surface area contributed by atoms with Crippen LogP contribution in [-0.2, 0) is 14.4 Å². The SMILES string of the molecule is O=C(COc1ccccc1)N1CCN(C(=O)[C@H]2CC(=O)N(c3ccccc3F)C2)CC1. The minimum atomic E-state index is -0.504. The molecule has 4 rings (SSSR count). The lowest BCUT2D eigenvalue weighted by atomic mass is 10.1. The molecule has 2 aromatic rings. The summed E-state index contributed by atoms with van der Waals surface area (Å²) in [4.78, 5) is 42.4. The van der Waals surface area contributed by atoms with Crippen molar-refractivity contribution in [2.75, 3.05) is 44.2 Å². The molecule has 0 spiro atoms. The first kappa shape index (κ1) is 20.8. The number of carbonyl (C=O) groups excluding carboxylic acids is 3. The van der Waals surface area contributed by atoms with E-state index in [0.29, 0.717) is 31.9 Å². The molecular formula is C23H24FN3O4. The maximum Gasteiger partial charge on any atom is 0.260 e. The number of hydrogen-bond acceptors (Lipinski definition) is 4. The zero-order valence-electron chi connectivity index (χ0n) is 17.1. The van der Waals surface area contributed by atoms with E-state index in [4.69, 9.17) is 4.74 Å². The molecule has 2 aliphatic heterocycles. The van der Waals surface area contributed by atoms with Crippen molar-refractivity contribution >= 4 is 23.4 Å². The predicted molar refractivity (Wildman–Crippen MR) is 112 cm³/mol. The number of para-hydroxylation sites is 2. The third kappa shape index (κ3) is 4.68. The number of halogens is 1. The fraction of sp³-hybridized carbons (Fsp3) is 0.348. The van der Waals surface area contributed by atoms with Crippen molar-refractivity contribution in [3.63, 3.8) is 0 Å². The lowest BCUT2D eigenvalue weighted by Crippen LogP contribution is -2.53. The Hall–Kier alpha value is -3.42. The Kier molecular flexibility index (Phi) is 6.16. The van der Waals surface area contributed by atoms with Gasteiger partial charge in [-0.1, -0.05) is 30.3 Å². The van der Waals surface area contributed by atoms with Gasteiger partial charge in [-0.25, -0.2) is 4.39 Å². The summed E-state index contributed by atoms with van der Waals surface area (Å²) < 4.78 is 19.6. The average molecular weight is 425 g/mol. The zero-order chi connectivity index (χ0) is 21.8. The Balaban J connectivity index is 1.28. The molecule has 0 unspecified atom stereocenters. The first-order valence-corrected chi connectivity index (χ1v) is 10.3. The molecule has 0 radical (unpaired) electrons. The standard InChI is InChI=1S/C23H24FN3O4/c24-19-8-4-5-9-20(19)27-15-17(14-21(27)28)23(30)26-12-10-25(11-13-26)22(29)16-31-18-6-2-1-3-7-18/h1-9,17H,10-16H2/t17-/m0/s1. The maximum absolute atomic E-state index is 14.1. The highest BCUT2D eigenvalue weighted by Gasteiger charge is 2.38. The molecule has 2 aromatic carbocycles. The molecule has 0 aromatic heterocycles. The van der Waals surface area contributed by atoms with Crippen LogP contribution in [0.3, 0.4) is 0 Å². The summed E-state index contributed by atoms with van der Waals surface area (Å²) in [6.07, 6.45) is 0.0667. The topological polar surface area (TPSA) is 70.2 Å². The lowest BCUT2D eigenvalue weighted by Gasteiger charge is -2.35. The van der Waals surface area contributed by atoms with Gasteiger partial charge in [-0.15, -0.1) is 0 Å². The van der Waals surface area contributed by atoms with Gasteiger partial charge >= 0.3 is 0 Å². The molecule has 1 atom stereocenters. The average Bonchev–Trinajstić information content (AvgIpc) is 3.19. The molecule has 7 nitrogen and oxygen atoms in total. The van der Waals surface area contributed by atoms with Gasteiger partial charge in [0.25, 0.3) is 5.91 Å². The molecule has 0 aliphatic carbocycles. The van der Waals surface area contributed by atoms with Gasteiger partial charge in [-0.05, 0) is 24.3 Å². The molecule has 31 heavy (non-hydrogen) atoms. The Bertz CT molecular complexity index is 960. The van der Waals surface area contributed by atoms with Crippen LogP contribution in [0.4, 0.5) is 10.1 Å².